The number of allylic oxidation sites excluding steroid dienone is 2. The number of aromatic nitrogens is 1. The maximum atomic E-state index is 12.4. The Labute approximate surface area is 135 Å². The Hall–Kier alpha value is -2.88. The van der Waals surface area contributed by atoms with Gasteiger partial charge in [0.15, 0.2) is 5.78 Å². The molecule has 2 heterocycles. The van der Waals surface area contributed by atoms with E-state index in [1.165, 1.54) is 4.57 Å². The molecule has 116 valence electrons. The van der Waals surface area contributed by atoms with Gasteiger partial charge in [0, 0.05) is 44.2 Å². The standard InChI is InChI=1S/C19H18N2O2/c1-20-10-5-8-17(13-20)19(23)21-11-9-16(14-21)18(22)12-15-6-3-2-4-7-15/h2-9,11,13-14H,10,12H2,1H3. The third kappa shape index (κ3) is 3.48. The molecule has 0 amide bonds. The van der Waals surface area contributed by atoms with E-state index in [1.54, 1.807) is 18.5 Å². The summed E-state index contributed by atoms with van der Waals surface area (Å²) in [5, 5.41) is 0. The first kappa shape index (κ1) is 15.0. The molecule has 1 aromatic carbocycles. The molecule has 0 saturated carbocycles. The molecule has 0 bridgehead atoms. The van der Waals surface area contributed by atoms with Crippen molar-refractivity contribution < 1.29 is 9.59 Å². The van der Waals surface area contributed by atoms with Crippen molar-refractivity contribution in [2.24, 2.45) is 0 Å². The lowest BCUT2D eigenvalue weighted by Crippen LogP contribution is -2.19. The van der Waals surface area contributed by atoms with E-state index in [1.807, 2.05) is 60.6 Å². The Balaban J connectivity index is 1.74. The van der Waals surface area contributed by atoms with Gasteiger partial charge in [0.25, 0.3) is 5.91 Å². The lowest BCUT2D eigenvalue weighted by molar-refractivity contribution is 0.0957. The fourth-order valence-electron chi connectivity index (χ4n) is 2.53. The van der Waals surface area contributed by atoms with Gasteiger partial charge >= 0.3 is 0 Å². The molecular formula is C19H18N2O2. The molecule has 0 aliphatic carbocycles. The highest BCUT2D eigenvalue weighted by Gasteiger charge is 2.15. The summed E-state index contributed by atoms with van der Waals surface area (Å²) >= 11 is 0. The molecule has 1 aliphatic heterocycles. The third-order valence-electron chi connectivity index (χ3n) is 3.75. The smallest absolute Gasteiger partial charge is 0.263 e. The molecule has 4 heteroatoms. The van der Waals surface area contributed by atoms with Crippen LogP contribution in [0.25, 0.3) is 0 Å². The van der Waals surface area contributed by atoms with E-state index in [-0.39, 0.29) is 11.7 Å². The van der Waals surface area contributed by atoms with Crippen molar-refractivity contribution in [3.63, 3.8) is 0 Å². The Kier molecular flexibility index (Phi) is 4.24. The topological polar surface area (TPSA) is 42.3 Å². The summed E-state index contributed by atoms with van der Waals surface area (Å²) in [6.45, 7) is 0.795. The molecule has 0 fully saturated rings. The lowest BCUT2D eigenvalue weighted by atomic mass is 10.1. The van der Waals surface area contributed by atoms with Crippen LogP contribution < -0.4 is 0 Å². The van der Waals surface area contributed by atoms with Gasteiger partial charge in [-0.2, -0.15) is 0 Å². The van der Waals surface area contributed by atoms with Gasteiger partial charge in [0.1, 0.15) is 0 Å². The van der Waals surface area contributed by atoms with Crippen molar-refractivity contribution in [3.05, 3.63) is 83.8 Å². The van der Waals surface area contributed by atoms with Crippen LogP contribution in [0.5, 0.6) is 0 Å². The first-order chi connectivity index (χ1) is 11.1. The van der Waals surface area contributed by atoms with Crippen LogP contribution in [0.15, 0.2) is 72.7 Å². The van der Waals surface area contributed by atoms with Crippen LogP contribution in [0.1, 0.15) is 20.7 Å². The van der Waals surface area contributed by atoms with E-state index in [4.69, 9.17) is 0 Å². The van der Waals surface area contributed by atoms with Gasteiger partial charge in [0.2, 0.25) is 0 Å². The van der Waals surface area contributed by atoms with Crippen molar-refractivity contribution in [2.75, 3.05) is 13.6 Å². The van der Waals surface area contributed by atoms with Gasteiger partial charge < -0.3 is 4.90 Å². The molecule has 3 rings (SSSR count). The number of likely N-dealkylation sites (N-methyl/N-ethyl adjacent to an activating group) is 1. The molecule has 2 aromatic rings. The number of rotatable bonds is 4. The highest BCUT2D eigenvalue weighted by Crippen LogP contribution is 2.13. The summed E-state index contributed by atoms with van der Waals surface area (Å²) < 4.78 is 1.47. The normalized spacial score (nSPS) is 13.8. The van der Waals surface area contributed by atoms with E-state index in [0.29, 0.717) is 17.6 Å². The van der Waals surface area contributed by atoms with Crippen molar-refractivity contribution in [1.82, 2.24) is 9.47 Å². The van der Waals surface area contributed by atoms with Gasteiger partial charge in [-0.15, -0.1) is 0 Å². The van der Waals surface area contributed by atoms with E-state index < -0.39 is 0 Å². The van der Waals surface area contributed by atoms with Crippen molar-refractivity contribution in [3.8, 4) is 0 Å². The Bertz CT molecular complexity index is 785. The number of hydrogen-bond donors (Lipinski definition) is 0. The number of benzene rings is 1. The second kappa shape index (κ2) is 6.48. The summed E-state index contributed by atoms with van der Waals surface area (Å²) in [6.07, 6.45) is 9.16. The highest BCUT2D eigenvalue weighted by molar-refractivity contribution is 6.01. The summed E-state index contributed by atoms with van der Waals surface area (Å²) in [4.78, 5) is 26.7. The van der Waals surface area contributed by atoms with Crippen LogP contribution in [0.4, 0.5) is 0 Å². The van der Waals surface area contributed by atoms with Crippen molar-refractivity contribution >= 4 is 11.7 Å². The minimum absolute atomic E-state index is 0.00744. The Morgan fingerprint density at radius 1 is 1.13 bits per heavy atom. The second-order valence-electron chi connectivity index (χ2n) is 5.62. The van der Waals surface area contributed by atoms with Crippen LogP contribution in [0, 0.1) is 0 Å². The Morgan fingerprint density at radius 3 is 2.65 bits per heavy atom. The van der Waals surface area contributed by atoms with E-state index in [2.05, 4.69) is 0 Å². The summed E-state index contributed by atoms with van der Waals surface area (Å²) in [5.41, 5.74) is 2.13. The largest absolute Gasteiger partial charge is 0.376 e. The monoisotopic (exact) mass is 306 g/mol. The maximum absolute atomic E-state index is 12.4. The van der Waals surface area contributed by atoms with Crippen LogP contribution >= 0.6 is 0 Å². The molecular weight excluding hydrogens is 288 g/mol. The first-order valence-corrected chi connectivity index (χ1v) is 7.52. The molecule has 4 nitrogen and oxygen atoms in total. The number of carbonyl (C=O) groups excluding carboxylic acids is 2. The van der Waals surface area contributed by atoms with Crippen LogP contribution in [-0.2, 0) is 6.42 Å². The lowest BCUT2D eigenvalue weighted by Gasteiger charge is -2.17. The number of Topliss-reactive ketones (excluding diaryl/α,β-unsaturated/α-hetero) is 1. The maximum Gasteiger partial charge on any atom is 0.263 e. The van der Waals surface area contributed by atoms with Gasteiger partial charge in [-0.05, 0) is 11.6 Å². The predicted octanol–water partition coefficient (Wildman–Crippen LogP) is 2.94. The molecule has 0 saturated heterocycles. The molecule has 0 atom stereocenters. The fourth-order valence-corrected chi connectivity index (χ4v) is 2.53. The van der Waals surface area contributed by atoms with Gasteiger partial charge in [-0.1, -0.05) is 42.5 Å². The molecule has 0 unspecified atom stereocenters. The minimum Gasteiger partial charge on any atom is -0.376 e. The average Bonchev–Trinajstić information content (AvgIpc) is 3.05. The second-order valence-corrected chi connectivity index (χ2v) is 5.62. The third-order valence-corrected chi connectivity index (χ3v) is 3.75. The SMILES string of the molecule is CN1C=C(C(=O)n2ccc(C(=O)Cc3ccccc3)c2)C=CC1. The van der Waals surface area contributed by atoms with Crippen LogP contribution in [-0.4, -0.2) is 34.7 Å². The number of nitrogens with zero attached hydrogens (tertiary/aromatic N) is 2. The zero-order chi connectivity index (χ0) is 16.2. The molecule has 0 N–H and O–H groups in total. The van der Waals surface area contributed by atoms with Crippen LogP contribution in [0.2, 0.25) is 0 Å². The van der Waals surface area contributed by atoms with Gasteiger partial charge in [-0.3, -0.25) is 14.2 Å². The number of hydrogen-bond acceptors (Lipinski definition) is 3. The molecule has 1 aromatic heterocycles. The number of carbonyl (C=O) groups is 2. The van der Waals surface area contributed by atoms with E-state index in [0.717, 1.165) is 12.1 Å². The van der Waals surface area contributed by atoms with Crippen LogP contribution in [0.3, 0.4) is 0 Å². The summed E-state index contributed by atoms with van der Waals surface area (Å²) in [7, 11) is 1.92. The van der Waals surface area contributed by atoms with Gasteiger partial charge in [0.05, 0.1) is 5.57 Å². The highest BCUT2D eigenvalue weighted by atomic mass is 16.2. The average molecular weight is 306 g/mol. The van der Waals surface area contributed by atoms with E-state index >= 15 is 0 Å². The molecule has 0 radical (unpaired) electrons. The quantitative estimate of drug-likeness (QED) is 0.816. The molecule has 23 heavy (non-hydrogen) atoms. The Morgan fingerprint density at radius 2 is 1.91 bits per heavy atom. The van der Waals surface area contributed by atoms with Gasteiger partial charge in [-0.25, -0.2) is 0 Å². The van der Waals surface area contributed by atoms with Crippen molar-refractivity contribution in [2.45, 2.75) is 6.42 Å². The van der Waals surface area contributed by atoms with E-state index in [9.17, 15) is 9.59 Å². The molecule has 0 spiro atoms. The minimum atomic E-state index is -0.133. The summed E-state index contributed by atoms with van der Waals surface area (Å²) in [5.74, 6) is -0.125. The first-order valence-electron chi connectivity index (χ1n) is 7.52. The fraction of sp³-hybridized carbons (Fsp3) is 0.158. The predicted molar refractivity (Wildman–Crippen MR) is 89.4 cm³/mol. The van der Waals surface area contributed by atoms with Crippen molar-refractivity contribution in [1.29, 1.82) is 0 Å². The zero-order valence-electron chi connectivity index (χ0n) is 13.0. The molecule has 1 aliphatic rings. The zero-order valence-corrected chi connectivity index (χ0v) is 13.0. The summed E-state index contributed by atoms with van der Waals surface area (Å²) in [6, 6.07) is 11.3. The number of ketones is 1.